The van der Waals surface area contributed by atoms with Gasteiger partial charge in [-0.15, -0.1) is 24.0 Å². The van der Waals surface area contributed by atoms with E-state index in [1.54, 1.807) is 18.2 Å². The molecule has 94 valence electrons. The number of hydrogen-bond acceptors (Lipinski definition) is 5. The first-order chi connectivity index (χ1) is 8.47. The third-order valence-corrected chi connectivity index (χ3v) is 3.85. The first-order valence-electron chi connectivity index (χ1n) is 5.08. The van der Waals surface area contributed by atoms with Gasteiger partial charge >= 0.3 is 5.97 Å². The van der Waals surface area contributed by atoms with E-state index >= 15 is 0 Å². The Bertz CT molecular complexity index is 624. The van der Waals surface area contributed by atoms with Crippen LogP contribution in [0.1, 0.15) is 17.3 Å². The number of carboxylic acids is 1. The highest BCUT2D eigenvalue weighted by molar-refractivity contribution is 7.96. The van der Waals surface area contributed by atoms with Gasteiger partial charge in [-0.25, -0.2) is 4.98 Å². The van der Waals surface area contributed by atoms with Gasteiger partial charge in [-0.1, -0.05) is 0 Å². The van der Waals surface area contributed by atoms with Crippen LogP contribution in [-0.4, -0.2) is 21.2 Å². The number of nitrogen functional groups attached to an aromatic ring is 1. The van der Waals surface area contributed by atoms with E-state index in [9.17, 15) is 9.59 Å². The molecule has 0 aliphatic rings. The summed E-state index contributed by atoms with van der Waals surface area (Å²) in [6.07, 6.45) is -0.308. The van der Waals surface area contributed by atoms with E-state index in [-0.39, 0.29) is 6.42 Å². The lowest BCUT2D eigenvalue weighted by atomic mass is 10.1. The fraction of sp³-hybridized carbons (Fsp3) is 0.182. The summed E-state index contributed by atoms with van der Waals surface area (Å²) in [6.45, 7) is 0. The number of nitrogens with zero attached hydrogens (tertiary/aromatic N) is 1. The largest absolute Gasteiger partial charge is 0.481 e. The number of rotatable bonds is 4. The summed E-state index contributed by atoms with van der Waals surface area (Å²) in [5.41, 5.74) is 6.96. The average Bonchev–Trinajstić information content (AvgIpc) is 2.67. The maximum atomic E-state index is 11.4. The van der Waals surface area contributed by atoms with Crippen LogP contribution in [0.25, 0.3) is 10.2 Å². The highest BCUT2D eigenvalue weighted by Crippen LogP contribution is 2.31. The van der Waals surface area contributed by atoms with Crippen LogP contribution in [-0.2, 0) is 9.59 Å². The Morgan fingerprint density at radius 2 is 2.22 bits per heavy atom. The second kappa shape index (κ2) is 4.95. The number of aromatic nitrogens is 1. The fourth-order valence-corrected chi connectivity index (χ4v) is 2.98. The first kappa shape index (κ1) is 12.8. The van der Waals surface area contributed by atoms with Gasteiger partial charge in [0.2, 0.25) is 0 Å². The molecule has 0 aliphatic carbocycles. The molecule has 2 aromatic rings. The Hall–Kier alpha value is -1.60. The van der Waals surface area contributed by atoms with Crippen molar-refractivity contribution in [2.45, 2.75) is 12.3 Å². The molecule has 1 aromatic heterocycles. The number of carboxylic acid groups (broad SMARTS) is 1. The van der Waals surface area contributed by atoms with Crippen molar-refractivity contribution in [1.29, 1.82) is 0 Å². The normalized spacial score (nSPS) is 12.5. The molecule has 1 heterocycles. The predicted octanol–water partition coefficient (Wildman–Crippen LogP) is 1.89. The van der Waals surface area contributed by atoms with Crippen molar-refractivity contribution in [3.63, 3.8) is 0 Å². The van der Waals surface area contributed by atoms with Crippen LogP contribution in [0.3, 0.4) is 0 Å². The number of nitrogens with two attached hydrogens (primary N) is 1. The molecule has 2 rings (SSSR count). The lowest BCUT2D eigenvalue weighted by molar-refractivity contribution is -0.138. The summed E-state index contributed by atoms with van der Waals surface area (Å²) in [5.74, 6) is -1.87. The summed E-state index contributed by atoms with van der Waals surface area (Å²) in [5, 5.41) is 8.74. The predicted molar refractivity (Wildman–Crippen MR) is 73.0 cm³/mol. The van der Waals surface area contributed by atoms with Crippen molar-refractivity contribution in [1.82, 2.24) is 4.98 Å². The lowest BCUT2D eigenvalue weighted by Gasteiger charge is -2.05. The lowest BCUT2D eigenvalue weighted by Crippen LogP contribution is -2.11. The molecule has 0 bridgehead atoms. The van der Waals surface area contributed by atoms with Gasteiger partial charge in [-0.3, -0.25) is 9.59 Å². The molecule has 0 spiro atoms. The summed E-state index contributed by atoms with van der Waals surface area (Å²) in [6, 6.07) is 5.20. The van der Waals surface area contributed by atoms with Crippen LogP contribution in [0.15, 0.2) is 18.2 Å². The third-order valence-electron chi connectivity index (χ3n) is 2.40. The Morgan fingerprint density at radius 3 is 2.83 bits per heavy atom. The summed E-state index contributed by atoms with van der Waals surface area (Å²) in [7, 11) is 0. The molecule has 5 nitrogen and oxygen atoms in total. The summed E-state index contributed by atoms with van der Waals surface area (Å²) in [4.78, 5) is 26.4. The van der Waals surface area contributed by atoms with Crippen LogP contribution in [0.4, 0.5) is 5.69 Å². The molecule has 0 aliphatic heterocycles. The van der Waals surface area contributed by atoms with E-state index < -0.39 is 17.0 Å². The van der Waals surface area contributed by atoms with Crippen molar-refractivity contribution in [3.8, 4) is 0 Å². The quantitative estimate of drug-likeness (QED) is 0.588. The van der Waals surface area contributed by atoms with Crippen molar-refractivity contribution in [2.24, 2.45) is 0 Å². The van der Waals surface area contributed by atoms with Crippen molar-refractivity contribution in [2.75, 3.05) is 5.73 Å². The first-order valence-corrected chi connectivity index (χ1v) is 6.34. The van der Waals surface area contributed by atoms with Gasteiger partial charge in [0.15, 0.2) is 5.12 Å². The zero-order chi connectivity index (χ0) is 13.3. The number of fused-ring (bicyclic) bond motifs is 1. The molecule has 7 heteroatoms. The number of carbonyl (C=O) groups excluding carboxylic acids is 1. The standard InChI is InChI=1S/C11H10N2O3S2/c12-5-1-2-7-8(3-5)18-10(13-7)6(11(16)17)4-9(14)15/h1-3,6H,4,12H2,(H,14,15)(H,16,17). The number of thiazole rings is 1. The Morgan fingerprint density at radius 1 is 1.50 bits per heavy atom. The molecule has 1 unspecified atom stereocenters. The molecule has 0 saturated carbocycles. The van der Waals surface area contributed by atoms with Gasteiger partial charge in [0.05, 0.1) is 22.6 Å². The van der Waals surface area contributed by atoms with Crippen LogP contribution < -0.4 is 5.73 Å². The topological polar surface area (TPSA) is 93.3 Å². The van der Waals surface area contributed by atoms with E-state index in [1.807, 2.05) is 0 Å². The highest BCUT2D eigenvalue weighted by atomic mass is 32.1. The fourth-order valence-electron chi connectivity index (χ4n) is 1.56. The Balaban J connectivity index is 2.44. The van der Waals surface area contributed by atoms with E-state index in [4.69, 9.17) is 10.8 Å². The minimum absolute atomic E-state index is 0.308. The smallest absolute Gasteiger partial charge is 0.304 e. The molecule has 1 aromatic carbocycles. The molecular formula is C11H10N2O3S2. The average molecular weight is 282 g/mol. The second-order valence-corrected chi connectivity index (χ2v) is 5.27. The monoisotopic (exact) mass is 282 g/mol. The molecule has 0 fully saturated rings. The minimum Gasteiger partial charge on any atom is -0.481 e. The summed E-state index contributed by atoms with van der Waals surface area (Å²) >= 11 is 4.99. The van der Waals surface area contributed by atoms with E-state index in [1.165, 1.54) is 11.3 Å². The zero-order valence-electron chi connectivity index (χ0n) is 9.16. The minimum atomic E-state index is -1.05. The number of carbonyl (C=O) groups is 2. The Labute approximate surface area is 112 Å². The second-order valence-electron chi connectivity index (χ2n) is 3.77. The zero-order valence-corrected chi connectivity index (χ0v) is 10.9. The third kappa shape index (κ3) is 2.62. The van der Waals surface area contributed by atoms with Gasteiger partial charge in [-0.2, -0.15) is 0 Å². The van der Waals surface area contributed by atoms with Crippen molar-refractivity contribution in [3.05, 3.63) is 23.2 Å². The van der Waals surface area contributed by atoms with Crippen LogP contribution in [0.2, 0.25) is 0 Å². The van der Waals surface area contributed by atoms with E-state index in [0.717, 1.165) is 4.70 Å². The van der Waals surface area contributed by atoms with Gasteiger partial charge in [0.25, 0.3) is 0 Å². The summed E-state index contributed by atoms with van der Waals surface area (Å²) < 4.78 is 0.829. The maximum Gasteiger partial charge on any atom is 0.304 e. The molecule has 3 N–H and O–H groups in total. The van der Waals surface area contributed by atoms with Crippen LogP contribution >= 0.6 is 24.0 Å². The number of benzene rings is 1. The molecular weight excluding hydrogens is 272 g/mol. The highest BCUT2D eigenvalue weighted by Gasteiger charge is 2.24. The number of aliphatic carboxylic acids is 1. The van der Waals surface area contributed by atoms with Crippen LogP contribution in [0, 0.1) is 0 Å². The van der Waals surface area contributed by atoms with Gasteiger partial charge in [0, 0.05) is 5.69 Å². The van der Waals surface area contributed by atoms with Gasteiger partial charge < -0.3 is 10.8 Å². The molecule has 0 radical (unpaired) electrons. The van der Waals surface area contributed by atoms with Crippen LogP contribution in [0.5, 0.6) is 0 Å². The number of hydrogen-bond donors (Lipinski definition) is 3. The molecule has 18 heavy (non-hydrogen) atoms. The molecule has 0 saturated heterocycles. The van der Waals surface area contributed by atoms with Gasteiger partial charge in [0.1, 0.15) is 5.01 Å². The SMILES string of the molecule is Nc1ccc2nc(C(CC(=O)O)C(=O)S)sc2c1. The maximum absolute atomic E-state index is 11.4. The molecule has 1 atom stereocenters. The van der Waals surface area contributed by atoms with E-state index in [0.29, 0.717) is 16.2 Å². The van der Waals surface area contributed by atoms with Crippen molar-refractivity contribution >= 4 is 51.0 Å². The number of thiol groups is 1. The number of anilines is 1. The van der Waals surface area contributed by atoms with E-state index in [2.05, 4.69) is 17.6 Å². The molecule has 0 amide bonds. The van der Waals surface area contributed by atoms with Gasteiger partial charge in [-0.05, 0) is 18.2 Å². The van der Waals surface area contributed by atoms with Crippen molar-refractivity contribution < 1.29 is 14.7 Å². The Kier molecular flexibility index (Phi) is 3.53.